The molecule has 21 heavy (non-hydrogen) atoms. The smallest absolute Gasteiger partial charge is 0.333 e. The van der Waals surface area contributed by atoms with Crippen LogP contribution in [-0.2, 0) is 19.6 Å². The van der Waals surface area contributed by atoms with E-state index >= 15 is 0 Å². The van der Waals surface area contributed by atoms with Crippen molar-refractivity contribution in [1.82, 2.24) is 10.0 Å². The molecule has 0 heterocycles. The lowest BCUT2D eigenvalue weighted by atomic mass is 10.2. The zero-order chi connectivity index (χ0) is 16.1. The maximum absolute atomic E-state index is 12.3. The van der Waals surface area contributed by atoms with E-state index in [1.165, 1.54) is 6.08 Å². The van der Waals surface area contributed by atoms with Crippen molar-refractivity contribution >= 4 is 21.8 Å². The van der Waals surface area contributed by atoms with Gasteiger partial charge in [-0.2, -0.15) is 13.2 Å². The van der Waals surface area contributed by atoms with E-state index in [9.17, 15) is 31.2 Å². The number of carbonyl (C=O) groups excluding carboxylic acids is 2. The summed E-state index contributed by atoms with van der Waals surface area (Å²) >= 11 is 0. The maximum Gasteiger partial charge on any atom is 0.471 e. The minimum atomic E-state index is -5.16. The first kappa shape index (κ1) is 15.8. The van der Waals surface area contributed by atoms with Gasteiger partial charge in [-0.3, -0.25) is 14.3 Å². The van der Waals surface area contributed by atoms with E-state index < -0.39 is 44.7 Å². The van der Waals surface area contributed by atoms with Gasteiger partial charge in [-0.15, -0.1) is 6.58 Å². The second-order valence-corrected chi connectivity index (χ2v) is 7.11. The zero-order valence-corrected chi connectivity index (χ0v) is 11.6. The molecule has 2 aliphatic rings. The van der Waals surface area contributed by atoms with Crippen molar-refractivity contribution in [3.8, 4) is 0 Å². The summed E-state index contributed by atoms with van der Waals surface area (Å²) in [5.74, 6) is -4.18. The molecule has 2 fully saturated rings. The van der Waals surface area contributed by atoms with Crippen LogP contribution in [0.5, 0.6) is 0 Å². The van der Waals surface area contributed by atoms with E-state index in [0.29, 0.717) is 12.8 Å². The van der Waals surface area contributed by atoms with Crippen molar-refractivity contribution in [1.29, 1.82) is 0 Å². The van der Waals surface area contributed by atoms with Gasteiger partial charge in [0.15, 0.2) is 0 Å². The highest BCUT2D eigenvalue weighted by Gasteiger charge is 2.62. The molecule has 6 nitrogen and oxygen atoms in total. The third kappa shape index (κ3) is 3.04. The molecule has 2 amide bonds. The highest BCUT2D eigenvalue weighted by Crippen LogP contribution is 2.45. The molecule has 0 radical (unpaired) electrons. The molecule has 10 heteroatoms. The van der Waals surface area contributed by atoms with Gasteiger partial charge in [-0.05, 0) is 19.3 Å². The summed E-state index contributed by atoms with van der Waals surface area (Å²) < 4.78 is 61.9. The summed E-state index contributed by atoms with van der Waals surface area (Å²) in [6.07, 6.45) is -3.27. The Labute approximate surface area is 118 Å². The molecule has 0 saturated heterocycles. The van der Waals surface area contributed by atoms with Crippen molar-refractivity contribution < 1.29 is 31.2 Å². The van der Waals surface area contributed by atoms with Crippen LogP contribution in [0.25, 0.3) is 0 Å². The summed E-state index contributed by atoms with van der Waals surface area (Å²) in [6, 6.07) is 0. The van der Waals surface area contributed by atoms with Crippen LogP contribution in [-0.4, -0.2) is 37.2 Å². The fraction of sp³-hybridized carbons (Fsp3) is 0.636. The molecule has 0 aliphatic heterocycles. The first-order valence-corrected chi connectivity index (χ1v) is 7.65. The van der Waals surface area contributed by atoms with Gasteiger partial charge in [0.1, 0.15) is 5.54 Å². The highest BCUT2D eigenvalue weighted by atomic mass is 32.2. The van der Waals surface area contributed by atoms with Crippen molar-refractivity contribution in [2.24, 2.45) is 5.92 Å². The molecule has 2 aliphatic carbocycles. The fourth-order valence-corrected chi connectivity index (χ4v) is 3.35. The number of hydrogen-bond acceptors (Lipinski definition) is 4. The fourth-order valence-electron chi connectivity index (χ4n) is 1.99. The molecule has 2 rings (SSSR count). The summed E-state index contributed by atoms with van der Waals surface area (Å²) in [6.45, 7) is 3.35. The van der Waals surface area contributed by atoms with Crippen LogP contribution in [0.1, 0.15) is 19.3 Å². The number of hydrogen-bond donors (Lipinski definition) is 2. The van der Waals surface area contributed by atoms with Gasteiger partial charge in [0.05, 0.1) is 5.25 Å². The van der Waals surface area contributed by atoms with Gasteiger partial charge in [0, 0.05) is 5.92 Å². The Kier molecular flexibility index (Phi) is 3.55. The number of carbonyl (C=O) groups is 2. The Morgan fingerprint density at radius 3 is 2.24 bits per heavy atom. The number of alkyl halides is 3. The molecule has 2 atom stereocenters. The van der Waals surface area contributed by atoms with Crippen molar-refractivity contribution in [3.05, 3.63) is 12.7 Å². The lowest BCUT2D eigenvalue weighted by Crippen LogP contribution is -2.55. The van der Waals surface area contributed by atoms with Crippen molar-refractivity contribution in [3.63, 3.8) is 0 Å². The summed E-state index contributed by atoms with van der Waals surface area (Å²) in [7, 11) is -3.90. The second kappa shape index (κ2) is 4.72. The van der Waals surface area contributed by atoms with Crippen LogP contribution in [0.3, 0.4) is 0 Å². The largest absolute Gasteiger partial charge is 0.471 e. The topological polar surface area (TPSA) is 92.3 Å². The lowest BCUT2D eigenvalue weighted by molar-refractivity contribution is -0.175. The lowest BCUT2D eigenvalue weighted by Gasteiger charge is -2.19. The Morgan fingerprint density at radius 2 is 1.86 bits per heavy atom. The minimum absolute atomic E-state index is 0.121. The molecular weight excluding hydrogens is 313 g/mol. The molecule has 0 aromatic rings. The molecule has 0 spiro atoms. The van der Waals surface area contributed by atoms with Gasteiger partial charge in [0.25, 0.3) is 5.91 Å². The van der Waals surface area contributed by atoms with Crippen molar-refractivity contribution in [2.45, 2.75) is 36.2 Å². The van der Waals surface area contributed by atoms with Gasteiger partial charge in [0.2, 0.25) is 10.0 Å². The second-order valence-electron chi connectivity index (χ2n) is 5.15. The van der Waals surface area contributed by atoms with E-state index in [-0.39, 0.29) is 6.42 Å². The monoisotopic (exact) mass is 326 g/mol. The molecular formula is C11H13F3N2O4S. The SMILES string of the molecule is C=CC1CC1(NC(=O)C(F)(F)F)C(=O)NS(=O)(=O)C1CC1. The molecule has 2 N–H and O–H groups in total. The molecule has 2 unspecified atom stereocenters. The van der Waals surface area contributed by atoms with Gasteiger partial charge in [-0.25, -0.2) is 8.42 Å². The highest BCUT2D eigenvalue weighted by molar-refractivity contribution is 7.90. The minimum Gasteiger partial charge on any atom is -0.333 e. The Bertz CT molecular complexity index is 597. The van der Waals surface area contributed by atoms with Crippen LogP contribution in [0.4, 0.5) is 13.2 Å². The number of halogens is 3. The molecule has 0 aromatic heterocycles. The Morgan fingerprint density at radius 1 is 1.29 bits per heavy atom. The summed E-state index contributed by atoms with van der Waals surface area (Å²) in [4.78, 5) is 23.0. The summed E-state index contributed by atoms with van der Waals surface area (Å²) in [5.41, 5.74) is -1.89. The van der Waals surface area contributed by atoms with Gasteiger partial charge in [-0.1, -0.05) is 6.08 Å². The van der Waals surface area contributed by atoms with Crippen LogP contribution in [0, 0.1) is 5.92 Å². The number of sulfonamides is 1. The zero-order valence-electron chi connectivity index (χ0n) is 10.7. The number of amides is 2. The van der Waals surface area contributed by atoms with Crippen molar-refractivity contribution in [2.75, 3.05) is 0 Å². The average molecular weight is 326 g/mol. The quantitative estimate of drug-likeness (QED) is 0.707. The third-order valence-corrected chi connectivity index (χ3v) is 5.32. The van der Waals surface area contributed by atoms with E-state index in [2.05, 4.69) is 6.58 Å². The van der Waals surface area contributed by atoms with Crippen LogP contribution >= 0.6 is 0 Å². The Balaban J connectivity index is 2.14. The maximum atomic E-state index is 12.3. The summed E-state index contributed by atoms with van der Waals surface area (Å²) in [5, 5.41) is 0.882. The van der Waals surface area contributed by atoms with Crippen LogP contribution in [0.15, 0.2) is 12.7 Å². The first-order valence-electron chi connectivity index (χ1n) is 6.11. The van der Waals surface area contributed by atoms with E-state index in [1.807, 2.05) is 0 Å². The first-order chi connectivity index (χ1) is 9.53. The molecule has 2 saturated carbocycles. The van der Waals surface area contributed by atoms with Crippen LogP contribution < -0.4 is 10.0 Å². The third-order valence-electron chi connectivity index (χ3n) is 3.50. The normalized spacial score (nSPS) is 28.6. The molecule has 0 aromatic carbocycles. The van der Waals surface area contributed by atoms with E-state index in [0.717, 1.165) is 0 Å². The van der Waals surface area contributed by atoms with E-state index in [4.69, 9.17) is 0 Å². The number of nitrogens with one attached hydrogen (secondary N) is 2. The van der Waals surface area contributed by atoms with Gasteiger partial charge >= 0.3 is 12.1 Å². The standard InChI is InChI=1S/C11H13F3N2O4S/c1-2-6-5-10(6,15-9(18)11(12,13)14)8(17)16-21(19,20)7-3-4-7/h2,6-7H,1,3-5H2,(H,15,18)(H,16,17). The van der Waals surface area contributed by atoms with Crippen LogP contribution in [0.2, 0.25) is 0 Å². The van der Waals surface area contributed by atoms with Gasteiger partial charge < -0.3 is 5.32 Å². The van der Waals surface area contributed by atoms with E-state index in [1.54, 1.807) is 10.0 Å². The predicted molar refractivity (Wildman–Crippen MR) is 65.3 cm³/mol. The number of rotatable bonds is 5. The molecule has 0 bridgehead atoms. The molecule has 118 valence electrons. The Hall–Kier alpha value is -1.58. The predicted octanol–water partition coefficient (Wildman–Crippen LogP) is 0.218. The average Bonchev–Trinajstić information content (AvgIpc) is 3.21.